The van der Waals surface area contributed by atoms with Crippen LogP contribution in [0.5, 0.6) is 0 Å². The van der Waals surface area contributed by atoms with Crippen LogP contribution in [0.1, 0.15) is 6.42 Å². The summed E-state index contributed by atoms with van der Waals surface area (Å²) in [5, 5.41) is 9.24. The molecule has 0 bridgehead atoms. The Labute approximate surface area is 78.8 Å². The Bertz CT molecular complexity index is 123. The van der Waals surface area contributed by atoms with Crippen LogP contribution in [-0.4, -0.2) is 51.4 Å². The van der Waals surface area contributed by atoms with Gasteiger partial charge in [-0.15, -0.1) is 0 Å². The van der Waals surface area contributed by atoms with Gasteiger partial charge in [-0.3, -0.25) is 0 Å². The zero-order valence-electron chi connectivity index (χ0n) is 8.07. The first-order valence-corrected chi connectivity index (χ1v) is 4.65. The molecule has 13 heavy (non-hydrogen) atoms. The normalized spacial score (nSPS) is 24.9. The van der Waals surface area contributed by atoms with E-state index in [1.54, 1.807) is 7.11 Å². The summed E-state index contributed by atoms with van der Waals surface area (Å²) in [5.41, 5.74) is 0. The first kappa shape index (κ1) is 10.9. The fourth-order valence-corrected chi connectivity index (χ4v) is 1.33. The van der Waals surface area contributed by atoms with Crippen molar-refractivity contribution < 1.29 is 19.3 Å². The highest BCUT2D eigenvalue weighted by atomic mass is 16.5. The molecule has 1 rings (SSSR count). The van der Waals surface area contributed by atoms with Gasteiger partial charge in [0, 0.05) is 19.6 Å². The zero-order valence-corrected chi connectivity index (χ0v) is 8.07. The van der Waals surface area contributed by atoms with Gasteiger partial charge in [0.05, 0.1) is 26.4 Å². The van der Waals surface area contributed by atoms with Gasteiger partial charge in [0.2, 0.25) is 0 Å². The summed E-state index contributed by atoms with van der Waals surface area (Å²) in [6.07, 6.45) is 0.563. The van der Waals surface area contributed by atoms with Crippen molar-refractivity contribution in [3.63, 3.8) is 0 Å². The fraction of sp³-hybridized carbons (Fsp3) is 1.00. The third-order valence-electron chi connectivity index (χ3n) is 2.05. The van der Waals surface area contributed by atoms with E-state index >= 15 is 0 Å². The Balaban J connectivity index is 1.93. The average Bonchev–Trinajstić information content (AvgIpc) is 2.57. The number of hydrogen-bond donors (Lipinski definition) is 1. The van der Waals surface area contributed by atoms with Crippen LogP contribution < -0.4 is 0 Å². The van der Waals surface area contributed by atoms with E-state index < -0.39 is 6.10 Å². The second kappa shape index (κ2) is 6.32. The van der Waals surface area contributed by atoms with Crippen LogP contribution in [0, 0.1) is 5.92 Å². The van der Waals surface area contributed by atoms with Crippen LogP contribution in [-0.2, 0) is 14.2 Å². The van der Waals surface area contributed by atoms with Crippen molar-refractivity contribution in [1.29, 1.82) is 0 Å². The standard InChI is InChI=1S/C9H18O4/c1-11-6-9(10)7-13-5-8-2-3-12-4-8/h8-10H,2-7H2,1H3. The Morgan fingerprint density at radius 1 is 1.54 bits per heavy atom. The third-order valence-corrected chi connectivity index (χ3v) is 2.05. The lowest BCUT2D eigenvalue weighted by Crippen LogP contribution is -2.23. The summed E-state index contributed by atoms with van der Waals surface area (Å²) in [7, 11) is 1.56. The highest BCUT2D eigenvalue weighted by Gasteiger charge is 2.16. The van der Waals surface area contributed by atoms with Crippen molar-refractivity contribution in [2.24, 2.45) is 5.92 Å². The topological polar surface area (TPSA) is 47.9 Å². The van der Waals surface area contributed by atoms with Gasteiger partial charge >= 0.3 is 0 Å². The van der Waals surface area contributed by atoms with E-state index in [0.717, 1.165) is 19.6 Å². The summed E-state index contributed by atoms with van der Waals surface area (Å²) >= 11 is 0. The molecule has 0 aromatic heterocycles. The quantitative estimate of drug-likeness (QED) is 0.642. The van der Waals surface area contributed by atoms with Gasteiger partial charge in [0.25, 0.3) is 0 Å². The van der Waals surface area contributed by atoms with E-state index in [-0.39, 0.29) is 0 Å². The lowest BCUT2D eigenvalue weighted by molar-refractivity contribution is -0.0157. The molecule has 0 radical (unpaired) electrons. The minimum Gasteiger partial charge on any atom is -0.388 e. The lowest BCUT2D eigenvalue weighted by atomic mass is 10.1. The summed E-state index contributed by atoms with van der Waals surface area (Å²) in [6, 6.07) is 0. The molecule has 4 nitrogen and oxygen atoms in total. The molecule has 1 aliphatic heterocycles. The molecule has 2 unspecified atom stereocenters. The number of methoxy groups -OCH3 is 1. The van der Waals surface area contributed by atoms with Crippen LogP contribution in [0.25, 0.3) is 0 Å². The minimum atomic E-state index is -0.507. The van der Waals surface area contributed by atoms with E-state index in [0.29, 0.717) is 25.7 Å². The smallest absolute Gasteiger partial charge is 0.101 e. The van der Waals surface area contributed by atoms with Crippen molar-refractivity contribution in [2.75, 3.05) is 40.1 Å². The van der Waals surface area contributed by atoms with Crippen LogP contribution >= 0.6 is 0 Å². The molecule has 0 amide bonds. The van der Waals surface area contributed by atoms with Crippen LogP contribution in [0.15, 0.2) is 0 Å². The molecule has 1 fully saturated rings. The van der Waals surface area contributed by atoms with Gasteiger partial charge in [0.15, 0.2) is 0 Å². The molecule has 1 aliphatic rings. The summed E-state index contributed by atoms with van der Waals surface area (Å²) in [4.78, 5) is 0. The molecular weight excluding hydrogens is 172 g/mol. The third kappa shape index (κ3) is 4.57. The van der Waals surface area contributed by atoms with Crippen molar-refractivity contribution in [3.05, 3.63) is 0 Å². The highest BCUT2D eigenvalue weighted by molar-refractivity contribution is 4.63. The van der Waals surface area contributed by atoms with Crippen molar-refractivity contribution in [3.8, 4) is 0 Å². The van der Waals surface area contributed by atoms with Crippen LogP contribution in [0.3, 0.4) is 0 Å². The Kier molecular flexibility index (Phi) is 5.31. The molecule has 0 aromatic carbocycles. The van der Waals surface area contributed by atoms with Crippen molar-refractivity contribution in [2.45, 2.75) is 12.5 Å². The molecule has 4 heteroatoms. The average molecular weight is 190 g/mol. The van der Waals surface area contributed by atoms with E-state index in [1.165, 1.54) is 0 Å². The Morgan fingerprint density at radius 3 is 3.00 bits per heavy atom. The molecule has 0 aromatic rings. The van der Waals surface area contributed by atoms with Crippen molar-refractivity contribution in [1.82, 2.24) is 0 Å². The maximum absolute atomic E-state index is 9.24. The fourth-order valence-electron chi connectivity index (χ4n) is 1.33. The molecular formula is C9H18O4. The maximum atomic E-state index is 9.24. The Hall–Kier alpha value is -0.160. The molecule has 0 spiro atoms. The number of ether oxygens (including phenoxy) is 3. The van der Waals surface area contributed by atoms with Gasteiger partial charge in [-0.05, 0) is 6.42 Å². The van der Waals surface area contributed by atoms with E-state index in [2.05, 4.69) is 0 Å². The summed E-state index contributed by atoms with van der Waals surface area (Å²) in [6.45, 7) is 3.00. The molecule has 1 heterocycles. The minimum absolute atomic E-state index is 0.334. The summed E-state index contributed by atoms with van der Waals surface area (Å²) < 4.78 is 15.3. The molecule has 1 saturated heterocycles. The second-order valence-electron chi connectivity index (χ2n) is 3.38. The second-order valence-corrected chi connectivity index (χ2v) is 3.38. The monoisotopic (exact) mass is 190 g/mol. The molecule has 78 valence electrons. The Morgan fingerprint density at radius 2 is 2.38 bits per heavy atom. The van der Waals surface area contributed by atoms with E-state index in [1.807, 2.05) is 0 Å². The van der Waals surface area contributed by atoms with Gasteiger partial charge in [-0.2, -0.15) is 0 Å². The lowest BCUT2D eigenvalue weighted by Gasteiger charge is -2.12. The van der Waals surface area contributed by atoms with E-state index in [9.17, 15) is 5.11 Å². The van der Waals surface area contributed by atoms with Crippen molar-refractivity contribution >= 4 is 0 Å². The SMILES string of the molecule is COCC(O)COCC1CCOC1. The zero-order chi connectivity index (χ0) is 9.52. The first-order valence-electron chi connectivity index (χ1n) is 4.65. The molecule has 1 N–H and O–H groups in total. The van der Waals surface area contributed by atoms with E-state index in [4.69, 9.17) is 14.2 Å². The van der Waals surface area contributed by atoms with Gasteiger partial charge in [-0.25, -0.2) is 0 Å². The molecule has 2 atom stereocenters. The summed E-state index contributed by atoms with van der Waals surface area (Å²) in [5.74, 6) is 0.509. The van der Waals surface area contributed by atoms with Gasteiger partial charge in [0.1, 0.15) is 6.10 Å². The predicted octanol–water partition coefficient (Wildman–Crippen LogP) is 0.0468. The van der Waals surface area contributed by atoms with Crippen LogP contribution in [0.2, 0.25) is 0 Å². The molecule has 0 saturated carbocycles. The van der Waals surface area contributed by atoms with Gasteiger partial charge in [-0.1, -0.05) is 0 Å². The number of aliphatic hydroxyl groups is 1. The largest absolute Gasteiger partial charge is 0.388 e. The predicted molar refractivity (Wildman–Crippen MR) is 47.6 cm³/mol. The highest BCUT2D eigenvalue weighted by Crippen LogP contribution is 2.12. The maximum Gasteiger partial charge on any atom is 0.101 e. The van der Waals surface area contributed by atoms with Crippen LogP contribution in [0.4, 0.5) is 0 Å². The number of rotatable bonds is 6. The number of aliphatic hydroxyl groups excluding tert-OH is 1. The van der Waals surface area contributed by atoms with Gasteiger partial charge < -0.3 is 19.3 Å². The molecule has 0 aliphatic carbocycles. The first-order chi connectivity index (χ1) is 6.33. The number of hydrogen-bond acceptors (Lipinski definition) is 4.